The first-order valence-corrected chi connectivity index (χ1v) is 9.26. The van der Waals surface area contributed by atoms with Crippen LogP contribution in [0.15, 0.2) is 23.2 Å². The number of carbonyl (C=O) groups is 1. The molecule has 1 aromatic carbocycles. The highest BCUT2D eigenvalue weighted by Crippen LogP contribution is 2.38. The molecular weight excluding hydrogens is 352 g/mol. The second-order valence-electron chi connectivity index (χ2n) is 5.67. The van der Waals surface area contributed by atoms with Gasteiger partial charge in [-0.2, -0.15) is 0 Å². The van der Waals surface area contributed by atoms with Gasteiger partial charge < -0.3 is 19.5 Å². The molecule has 1 heterocycles. The van der Waals surface area contributed by atoms with Crippen LogP contribution in [0.1, 0.15) is 27.2 Å². The summed E-state index contributed by atoms with van der Waals surface area (Å²) >= 11 is 1.57. The Hall–Kier alpha value is -2.41. The first-order chi connectivity index (χ1) is 12.4. The predicted octanol–water partition coefficient (Wildman–Crippen LogP) is 3.38. The summed E-state index contributed by atoms with van der Waals surface area (Å²) in [6.07, 6.45) is 1.98. The zero-order valence-electron chi connectivity index (χ0n) is 15.9. The lowest BCUT2D eigenvalue weighted by Gasteiger charge is -2.15. The SMILES string of the molecule is COc1cc(C(=O)NCc2c(C)cc(C)nc2SC)cc(OC)c1OC. The third-order valence-electron chi connectivity index (χ3n) is 3.98. The highest BCUT2D eigenvalue weighted by Gasteiger charge is 2.17. The monoisotopic (exact) mass is 376 g/mol. The number of ether oxygens (including phenoxy) is 3. The summed E-state index contributed by atoms with van der Waals surface area (Å²) in [7, 11) is 4.56. The Morgan fingerprint density at radius 3 is 2.19 bits per heavy atom. The largest absolute Gasteiger partial charge is 0.493 e. The van der Waals surface area contributed by atoms with Crippen LogP contribution < -0.4 is 19.5 Å². The fourth-order valence-electron chi connectivity index (χ4n) is 2.70. The van der Waals surface area contributed by atoms with Crippen molar-refractivity contribution in [2.24, 2.45) is 0 Å². The lowest BCUT2D eigenvalue weighted by molar-refractivity contribution is 0.0949. The molecule has 7 heteroatoms. The number of pyridine rings is 1. The maximum absolute atomic E-state index is 12.6. The Morgan fingerprint density at radius 1 is 1.08 bits per heavy atom. The van der Waals surface area contributed by atoms with Crippen molar-refractivity contribution in [2.75, 3.05) is 27.6 Å². The van der Waals surface area contributed by atoms with E-state index >= 15 is 0 Å². The van der Waals surface area contributed by atoms with Crippen molar-refractivity contribution in [2.45, 2.75) is 25.4 Å². The van der Waals surface area contributed by atoms with E-state index in [1.807, 2.05) is 26.2 Å². The summed E-state index contributed by atoms with van der Waals surface area (Å²) in [5.41, 5.74) is 3.52. The van der Waals surface area contributed by atoms with E-state index in [9.17, 15) is 4.79 Å². The number of hydrogen-bond donors (Lipinski definition) is 1. The van der Waals surface area contributed by atoms with E-state index in [1.54, 1.807) is 23.9 Å². The van der Waals surface area contributed by atoms with Gasteiger partial charge in [-0.25, -0.2) is 4.98 Å². The first kappa shape index (κ1) is 19.9. The van der Waals surface area contributed by atoms with Crippen LogP contribution in [0, 0.1) is 13.8 Å². The zero-order valence-corrected chi connectivity index (χ0v) is 16.7. The molecule has 1 amide bonds. The van der Waals surface area contributed by atoms with Crippen molar-refractivity contribution < 1.29 is 19.0 Å². The van der Waals surface area contributed by atoms with E-state index in [1.165, 1.54) is 21.3 Å². The zero-order chi connectivity index (χ0) is 19.3. The van der Waals surface area contributed by atoms with Gasteiger partial charge in [0, 0.05) is 23.4 Å². The molecule has 0 unspecified atom stereocenters. The van der Waals surface area contributed by atoms with Gasteiger partial charge in [0.25, 0.3) is 5.91 Å². The van der Waals surface area contributed by atoms with E-state index in [2.05, 4.69) is 10.3 Å². The molecule has 0 radical (unpaired) electrons. The molecule has 2 rings (SSSR count). The Kier molecular flexibility index (Phi) is 6.74. The summed E-state index contributed by atoms with van der Waals surface area (Å²) in [6.45, 7) is 4.38. The molecule has 0 spiro atoms. The molecule has 0 saturated carbocycles. The number of nitrogens with zero attached hydrogens (tertiary/aromatic N) is 1. The van der Waals surface area contributed by atoms with Gasteiger partial charge in [-0.1, -0.05) is 0 Å². The third-order valence-corrected chi connectivity index (χ3v) is 4.71. The molecule has 6 nitrogen and oxygen atoms in total. The Balaban J connectivity index is 2.26. The molecule has 140 valence electrons. The molecule has 0 aliphatic carbocycles. The number of nitrogens with one attached hydrogen (secondary N) is 1. The molecule has 0 aliphatic rings. The lowest BCUT2D eigenvalue weighted by Crippen LogP contribution is -2.24. The van der Waals surface area contributed by atoms with Crippen LogP contribution in [-0.2, 0) is 6.54 Å². The summed E-state index contributed by atoms with van der Waals surface area (Å²) in [5, 5.41) is 3.87. The van der Waals surface area contributed by atoms with Crippen LogP contribution in [0.25, 0.3) is 0 Å². The highest BCUT2D eigenvalue weighted by atomic mass is 32.2. The standard InChI is InChI=1S/C19H24N2O4S/c1-11-7-12(2)21-19(26-6)14(11)10-20-18(22)13-8-15(23-3)17(25-5)16(9-13)24-4/h7-9H,10H2,1-6H3,(H,20,22). The predicted molar refractivity (Wildman–Crippen MR) is 103 cm³/mol. The number of hydrogen-bond acceptors (Lipinski definition) is 6. The highest BCUT2D eigenvalue weighted by molar-refractivity contribution is 7.98. The fraction of sp³-hybridized carbons (Fsp3) is 0.368. The summed E-state index contributed by atoms with van der Waals surface area (Å²) in [5.74, 6) is 1.11. The Labute approximate surface area is 158 Å². The van der Waals surface area contributed by atoms with Gasteiger partial charge in [0.2, 0.25) is 5.75 Å². The number of thioether (sulfide) groups is 1. The molecule has 0 fully saturated rings. The maximum Gasteiger partial charge on any atom is 0.251 e. The van der Waals surface area contributed by atoms with Crippen molar-refractivity contribution in [1.29, 1.82) is 0 Å². The minimum absolute atomic E-state index is 0.226. The molecule has 0 bridgehead atoms. The quantitative estimate of drug-likeness (QED) is 0.747. The van der Waals surface area contributed by atoms with Crippen molar-refractivity contribution in [3.8, 4) is 17.2 Å². The molecule has 26 heavy (non-hydrogen) atoms. The average Bonchev–Trinajstić information content (AvgIpc) is 2.64. The minimum atomic E-state index is -0.226. The molecule has 0 aliphatic heterocycles. The number of benzene rings is 1. The van der Waals surface area contributed by atoms with Gasteiger partial charge >= 0.3 is 0 Å². The van der Waals surface area contributed by atoms with Gasteiger partial charge in [0.15, 0.2) is 11.5 Å². The van der Waals surface area contributed by atoms with Gasteiger partial charge in [-0.15, -0.1) is 11.8 Å². The van der Waals surface area contributed by atoms with Crippen LogP contribution in [-0.4, -0.2) is 38.5 Å². The van der Waals surface area contributed by atoms with E-state index in [0.717, 1.165) is 21.8 Å². The van der Waals surface area contributed by atoms with Crippen molar-refractivity contribution >= 4 is 17.7 Å². The normalized spacial score (nSPS) is 10.4. The maximum atomic E-state index is 12.6. The summed E-state index contributed by atoms with van der Waals surface area (Å²) < 4.78 is 15.9. The van der Waals surface area contributed by atoms with Crippen LogP contribution in [0.3, 0.4) is 0 Å². The third kappa shape index (κ3) is 4.22. The Bertz CT molecular complexity index is 783. The Morgan fingerprint density at radius 2 is 1.69 bits per heavy atom. The van der Waals surface area contributed by atoms with Gasteiger partial charge in [-0.05, 0) is 43.9 Å². The number of aryl methyl sites for hydroxylation is 2. The second kappa shape index (κ2) is 8.80. The van der Waals surface area contributed by atoms with E-state index in [-0.39, 0.29) is 5.91 Å². The van der Waals surface area contributed by atoms with Crippen molar-refractivity contribution in [1.82, 2.24) is 10.3 Å². The number of carbonyl (C=O) groups excluding carboxylic acids is 1. The summed E-state index contributed by atoms with van der Waals surface area (Å²) in [4.78, 5) is 17.2. The van der Waals surface area contributed by atoms with Crippen molar-refractivity contribution in [3.05, 3.63) is 40.6 Å². The lowest BCUT2D eigenvalue weighted by atomic mass is 10.1. The number of amides is 1. The molecular formula is C19H24N2O4S. The molecule has 0 atom stereocenters. The minimum Gasteiger partial charge on any atom is -0.493 e. The topological polar surface area (TPSA) is 69.7 Å². The first-order valence-electron chi connectivity index (χ1n) is 8.04. The van der Waals surface area contributed by atoms with Crippen LogP contribution in [0.2, 0.25) is 0 Å². The molecule has 1 N–H and O–H groups in total. The number of methoxy groups -OCH3 is 3. The smallest absolute Gasteiger partial charge is 0.251 e. The molecule has 0 saturated heterocycles. The van der Waals surface area contributed by atoms with Crippen LogP contribution >= 0.6 is 11.8 Å². The van der Waals surface area contributed by atoms with Crippen molar-refractivity contribution in [3.63, 3.8) is 0 Å². The van der Waals surface area contributed by atoms with E-state index < -0.39 is 0 Å². The fourth-order valence-corrected chi connectivity index (χ4v) is 3.41. The van der Waals surface area contributed by atoms with Gasteiger partial charge in [0.05, 0.1) is 21.3 Å². The van der Waals surface area contributed by atoms with Gasteiger partial charge in [-0.3, -0.25) is 4.79 Å². The molecule has 1 aromatic heterocycles. The average molecular weight is 376 g/mol. The van der Waals surface area contributed by atoms with Crippen LogP contribution in [0.4, 0.5) is 0 Å². The summed E-state index contributed by atoms with van der Waals surface area (Å²) in [6, 6.07) is 5.28. The number of aromatic nitrogens is 1. The second-order valence-corrected chi connectivity index (χ2v) is 6.46. The molecule has 2 aromatic rings. The van der Waals surface area contributed by atoms with Crippen LogP contribution in [0.5, 0.6) is 17.2 Å². The van der Waals surface area contributed by atoms with E-state index in [0.29, 0.717) is 29.4 Å². The van der Waals surface area contributed by atoms with E-state index in [4.69, 9.17) is 14.2 Å². The number of rotatable bonds is 7. The van der Waals surface area contributed by atoms with Gasteiger partial charge in [0.1, 0.15) is 5.03 Å².